The van der Waals surface area contributed by atoms with Crippen LogP contribution in [0.1, 0.15) is 0 Å². The monoisotopic (exact) mass is 596 g/mol. The van der Waals surface area contributed by atoms with E-state index in [-0.39, 0.29) is 0 Å². The van der Waals surface area contributed by atoms with E-state index >= 15 is 0 Å². The van der Waals surface area contributed by atoms with E-state index < -0.39 is 72.9 Å². The Morgan fingerprint density at radius 3 is 0.643 bits per heavy atom. The first-order chi connectivity index (χ1) is 11.7. The Bertz CT molecular complexity index is 393. The molecule has 0 bridgehead atoms. The summed E-state index contributed by atoms with van der Waals surface area (Å²) in [4.78, 5) is 0. The molecule has 0 aliphatic carbocycles. The summed E-state index contributed by atoms with van der Waals surface area (Å²) in [5.41, 5.74) is 0. The molecule has 10 heteroatoms. The molecule has 169 valence electrons. The minimum absolute atomic E-state index is 0.815. The van der Waals surface area contributed by atoms with E-state index in [0.717, 1.165) is 0 Å². The fourth-order valence-electron chi connectivity index (χ4n) is 3.95. The Hall–Kier alpha value is 2.05. The van der Waals surface area contributed by atoms with Gasteiger partial charge in [0.05, 0.1) is 0 Å². The SMILES string of the molecule is C[Si](C)(C)N[Si](C)(C)C.C[Si](C)(C)[N]([In][N]([Si](C)(C)C)[Si](C)(C)C)[Si](C)(C)C. The van der Waals surface area contributed by atoms with E-state index in [1.807, 2.05) is 0 Å². The molecule has 0 saturated carbocycles. The van der Waals surface area contributed by atoms with Gasteiger partial charge in [-0.2, -0.15) is 0 Å². The average molecular weight is 597 g/mol. The van der Waals surface area contributed by atoms with Gasteiger partial charge in [0, 0.05) is 0 Å². The summed E-state index contributed by atoms with van der Waals surface area (Å²) in [6.07, 6.45) is 0. The van der Waals surface area contributed by atoms with Crippen molar-refractivity contribution in [3.8, 4) is 0 Å². The van der Waals surface area contributed by atoms with Crippen LogP contribution >= 0.6 is 0 Å². The predicted molar refractivity (Wildman–Crippen MR) is 153 cm³/mol. The van der Waals surface area contributed by atoms with Crippen molar-refractivity contribution in [2.24, 2.45) is 0 Å². The summed E-state index contributed by atoms with van der Waals surface area (Å²) in [5.74, 6) is 0. The number of hydrogen-bond donors (Lipinski definition) is 1. The van der Waals surface area contributed by atoms with E-state index in [0.29, 0.717) is 0 Å². The Balaban J connectivity index is 0. The second-order valence-corrected chi connectivity index (χ2v) is 53.9. The van der Waals surface area contributed by atoms with Gasteiger partial charge >= 0.3 is 139 Å². The molecule has 1 radical (unpaired) electrons. The summed E-state index contributed by atoms with van der Waals surface area (Å²) in [6.45, 7) is 44.8. The quantitative estimate of drug-likeness (QED) is 0.314. The molecule has 1 N–H and O–H groups in total. The van der Waals surface area contributed by atoms with Crippen molar-refractivity contribution >= 4 is 72.9 Å². The van der Waals surface area contributed by atoms with Crippen molar-refractivity contribution in [3.05, 3.63) is 0 Å². The van der Waals surface area contributed by atoms with E-state index in [1.165, 1.54) is 0 Å². The van der Waals surface area contributed by atoms with Crippen LogP contribution in [0.2, 0.25) is 118 Å². The molecule has 0 atom stereocenters. The Morgan fingerprint density at radius 2 is 0.571 bits per heavy atom. The van der Waals surface area contributed by atoms with Gasteiger partial charge in [-0.05, 0) is 0 Å². The van der Waals surface area contributed by atoms with Gasteiger partial charge in [0.25, 0.3) is 0 Å². The molecular formula is C18H55InN3Si6. The molecule has 28 heavy (non-hydrogen) atoms. The third kappa shape index (κ3) is 15.8. The molecule has 0 aromatic rings. The van der Waals surface area contributed by atoms with Crippen LogP contribution in [0.3, 0.4) is 0 Å². The Labute approximate surface area is 198 Å². The number of hydrogen-bond acceptors (Lipinski definition) is 3. The summed E-state index contributed by atoms with van der Waals surface area (Å²) in [6, 6.07) is 0. The summed E-state index contributed by atoms with van der Waals surface area (Å²) < 4.78 is 10.00. The summed E-state index contributed by atoms with van der Waals surface area (Å²) in [5, 5.41) is 0. The second kappa shape index (κ2) is 10.8. The van der Waals surface area contributed by atoms with E-state index in [4.69, 9.17) is 0 Å². The van der Waals surface area contributed by atoms with Crippen LogP contribution < -0.4 is 4.65 Å². The molecule has 0 aliphatic rings. The fraction of sp³-hybridized carbons (Fsp3) is 1.00. The van der Waals surface area contributed by atoms with Crippen LogP contribution in [0.4, 0.5) is 0 Å². The minimum atomic E-state index is -1.16. The van der Waals surface area contributed by atoms with Crippen LogP contribution in [-0.2, 0) is 0 Å². The van der Waals surface area contributed by atoms with Gasteiger partial charge in [-0.15, -0.1) is 0 Å². The van der Waals surface area contributed by atoms with Gasteiger partial charge < -0.3 is 4.65 Å². The fourth-order valence-corrected chi connectivity index (χ4v) is 49.2. The van der Waals surface area contributed by atoms with Gasteiger partial charge in [-0.1, -0.05) is 39.3 Å². The number of nitrogens with zero attached hydrogens (tertiary/aromatic N) is 2. The molecule has 0 aromatic heterocycles. The zero-order valence-corrected chi connectivity index (χ0v) is 32.3. The van der Waals surface area contributed by atoms with Crippen LogP contribution in [0.15, 0.2) is 0 Å². The molecule has 0 spiro atoms. The molecular weight excluding hydrogens is 542 g/mol. The normalized spacial score (nSPS) is 14.9. The van der Waals surface area contributed by atoms with Crippen molar-refractivity contribution in [2.75, 3.05) is 0 Å². The standard InChI is InChI=1S/C6H19NSi2.2C6H18NSi2.In/c3*1-8(2,3)7-9(4,5)6;/h7H,1-6H3;2*1-6H3;/q;2*-1;+2. The Morgan fingerprint density at radius 1 is 0.393 bits per heavy atom. The van der Waals surface area contributed by atoms with Crippen LogP contribution in [0.25, 0.3) is 0 Å². The molecule has 0 aliphatic heterocycles. The van der Waals surface area contributed by atoms with E-state index in [2.05, 4.69) is 127 Å². The van der Waals surface area contributed by atoms with E-state index in [1.54, 1.807) is 0 Å². The molecule has 0 aromatic carbocycles. The first-order valence-corrected chi connectivity index (χ1v) is 34.6. The molecule has 0 saturated heterocycles. The first-order valence-electron chi connectivity index (χ1n) is 10.9. The maximum absolute atomic E-state index is 3.74. The summed E-state index contributed by atoms with van der Waals surface area (Å²) in [7, 11) is -6.60. The van der Waals surface area contributed by atoms with Crippen LogP contribution in [0.5, 0.6) is 0 Å². The van der Waals surface area contributed by atoms with Crippen molar-refractivity contribution < 1.29 is 0 Å². The maximum atomic E-state index is 3.74. The topological polar surface area (TPSA) is 18.5 Å². The van der Waals surface area contributed by atoms with Crippen molar-refractivity contribution in [1.82, 2.24) is 9.09 Å². The predicted octanol–water partition coefficient (Wildman–Crippen LogP) is 6.71. The molecule has 0 fully saturated rings. The molecule has 0 heterocycles. The summed E-state index contributed by atoms with van der Waals surface area (Å²) >= 11 is -0.815. The van der Waals surface area contributed by atoms with Gasteiger partial charge in [-0.25, -0.2) is 0 Å². The van der Waals surface area contributed by atoms with E-state index in [9.17, 15) is 0 Å². The molecule has 3 nitrogen and oxygen atoms in total. The van der Waals surface area contributed by atoms with Crippen molar-refractivity contribution in [1.29, 1.82) is 0 Å². The average Bonchev–Trinajstić information content (AvgIpc) is 2.15. The second-order valence-electron chi connectivity index (χ2n) is 14.2. The third-order valence-electron chi connectivity index (χ3n) is 3.87. The first kappa shape index (κ1) is 32.2. The zero-order valence-electron chi connectivity index (χ0n) is 23.0. The van der Waals surface area contributed by atoms with Crippen LogP contribution in [0, 0.1) is 0 Å². The van der Waals surface area contributed by atoms with Crippen molar-refractivity contribution in [2.45, 2.75) is 118 Å². The van der Waals surface area contributed by atoms with Gasteiger partial charge in [0.15, 0.2) is 0 Å². The molecule has 0 amide bonds. The third-order valence-corrected chi connectivity index (χ3v) is 54.6. The Kier molecular flexibility index (Phi) is 12.4. The number of rotatable bonds is 8. The van der Waals surface area contributed by atoms with Gasteiger partial charge in [-0.3, -0.25) is 0 Å². The molecule has 0 rings (SSSR count). The van der Waals surface area contributed by atoms with Crippen molar-refractivity contribution in [3.63, 3.8) is 0 Å². The van der Waals surface area contributed by atoms with Crippen LogP contribution in [-0.4, -0.2) is 77.3 Å². The van der Waals surface area contributed by atoms with Gasteiger partial charge in [0.1, 0.15) is 16.5 Å². The molecule has 0 unspecified atom stereocenters. The zero-order chi connectivity index (χ0) is 23.6. The number of nitrogens with one attached hydrogen (secondary N) is 1. The van der Waals surface area contributed by atoms with Gasteiger partial charge in [0.2, 0.25) is 0 Å².